The molecule has 0 saturated carbocycles. The van der Waals surface area contributed by atoms with Crippen molar-refractivity contribution >= 4 is 43.4 Å². The molecule has 0 saturated heterocycles. The highest BCUT2D eigenvalue weighted by molar-refractivity contribution is 7.25. The van der Waals surface area contributed by atoms with Crippen LogP contribution in [0.1, 0.15) is 5.56 Å². The molecule has 3 heterocycles. The second kappa shape index (κ2) is 6.71. The normalized spacial score (nSPS) is 11.8. The van der Waals surface area contributed by atoms with Crippen LogP contribution in [0.2, 0.25) is 0 Å². The summed E-state index contributed by atoms with van der Waals surface area (Å²) in [6.45, 7) is -0.375. The molecule has 1 amide bonds. The van der Waals surface area contributed by atoms with Gasteiger partial charge in [-0.1, -0.05) is 6.07 Å². The van der Waals surface area contributed by atoms with E-state index in [1.807, 2.05) is 0 Å². The summed E-state index contributed by atoms with van der Waals surface area (Å²) in [5, 5.41) is 3.12. The summed E-state index contributed by atoms with van der Waals surface area (Å²) in [4.78, 5) is 34.0. The van der Waals surface area contributed by atoms with E-state index in [9.17, 15) is 22.8 Å². The van der Waals surface area contributed by atoms with Crippen molar-refractivity contribution in [3.05, 3.63) is 64.8 Å². The minimum Gasteiger partial charge on any atom is -0.325 e. The van der Waals surface area contributed by atoms with Crippen molar-refractivity contribution in [3.8, 4) is 0 Å². The Bertz CT molecular complexity index is 1260. The van der Waals surface area contributed by atoms with E-state index in [2.05, 4.69) is 15.3 Å². The molecule has 3 aromatic heterocycles. The first-order valence-electron chi connectivity index (χ1n) is 8.03. The van der Waals surface area contributed by atoms with Crippen LogP contribution in [0.15, 0.2) is 53.7 Å². The smallest absolute Gasteiger partial charge is 0.325 e. The lowest BCUT2D eigenvalue weighted by Gasteiger charge is -2.10. The Morgan fingerprint density at radius 3 is 2.79 bits per heavy atom. The first kappa shape index (κ1) is 18.1. The molecule has 6 nitrogen and oxygen atoms in total. The summed E-state index contributed by atoms with van der Waals surface area (Å²) in [7, 11) is 0. The number of fused-ring (bicyclic) bond motifs is 3. The van der Waals surface area contributed by atoms with Crippen molar-refractivity contribution in [2.45, 2.75) is 12.7 Å². The second-order valence-corrected chi connectivity index (χ2v) is 6.94. The number of carbonyl (C=O) groups is 1. The molecule has 1 N–H and O–H groups in total. The highest BCUT2D eigenvalue weighted by Gasteiger charge is 2.30. The van der Waals surface area contributed by atoms with Gasteiger partial charge in [-0.3, -0.25) is 14.2 Å². The highest BCUT2D eigenvalue weighted by atomic mass is 32.1. The number of halogens is 3. The lowest BCUT2D eigenvalue weighted by atomic mass is 10.2. The third-order valence-electron chi connectivity index (χ3n) is 4.01. The first-order valence-corrected chi connectivity index (χ1v) is 8.84. The first-order chi connectivity index (χ1) is 13.3. The molecule has 4 aromatic rings. The molecule has 0 radical (unpaired) electrons. The summed E-state index contributed by atoms with van der Waals surface area (Å²) < 4.78 is 39.8. The zero-order valence-corrected chi connectivity index (χ0v) is 14.8. The molecule has 0 aliphatic heterocycles. The van der Waals surface area contributed by atoms with E-state index in [4.69, 9.17) is 0 Å². The number of hydrogen-bond donors (Lipinski definition) is 1. The van der Waals surface area contributed by atoms with E-state index < -0.39 is 23.2 Å². The molecule has 0 aliphatic carbocycles. The van der Waals surface area contributed by atoms with E-state index in [0.717, 1.165) is 22.1 Å². The Hall–Kier alpha value is -3.27. The van der Waals surface area contributed by atoms with Gasteiger partial charge in [0.2, 0.25) is 5.91 Å². The number of thiophene rings is 1. The summed E-state index contributed by atoms with van der Waals surface area (Å²) in [5.74, 6) is -0.637. The molecular formula is C18H11F3N4O2S. The van der Waals surface area contributed by atoms with Gasteiger partial charge < -0.3 is 5.32 Å². The van der Waals surface area contributed by atoms with Gasteiger partial charge in [0.05, 0.1) is 17.4 Å². The topological polar surface area (TPSA) is 76.9 Å². The Kier molecular flexibility index (Phi) is 4.34. The molecule has 0 spiro atoms. The summed E-state index contributed by atoms with van der Waals surface area (Å²) >= 11 is 1.17. The van der Waals surface area contributed by atoms with Crippen LogP contribution < -0.4 is 10.9 Å². The molecule has 0 atom stereocenters. The van der Waals surface area contributed by atoms with Crippen LogP contribution in [-0.4, -0.2) is 20.4 Å². The number of alkyl halides is 3. The zero-order chi connectivity index (χ0) is 19.9. The van der Waals surface area contributed by atoms with Crippen LogP contribution in [0, 0.1) is 0 Å². The Morgan fingerprint density at radius 2 is 2.00 bits per heavy atom. The number of aromatic nitrogens is 3. The van der Waals surface area contributed by atoms with Gasteiger partial charge in [-0.2, -0.15) is 13.2 Å². The lowest BCUT2D eigenvalue weighted by molar-refractivity contribution is -0.137. The van der Waals surface area contributed by atoms with Crippen LogP contribution in [0.3, 0.4) is 0 Å². The average Bonchev–Trinajstić information content (AvgIpc) is 3.03. The maximum Gasteiger partial charge on any atom is 0.416 e. The summed E-state index contributed by atoms with van der Waals surface area (Å²) in [6.07, 6.45) is -1.66. The van der Waals surface area contributed by atoms with Crippen LogP contribution in [0.5, 0.6) is 0 Å². The van der Waals surface area contributed by atoms with E-state index in [0.29, 0.717) is 15.0 Å². The number of hydrogen-bond acceptors (Lipinski definition) is 5. The fourth-order valence-electron chi connectivity index (χ4n) is 2.74. The van der Waals surface area contributed by atoms with Crippen LogP contribution in [-0.2, 0) is 17.5 Å². The number of rotatable bonds is 3. The summed E-state index contributed by atoms with van der Waals surface area (Å²) in [5.41, 5.74) is -0.781. The van der Waals surface area contributed by atoms with Crippen molar-refractivity contribution < 1.29 is 18.0 Å². The van der Waals surface area contributed by atoms with Crippen molar-refractivity contribution in [1.82, 2.24) is 14.5 Å². The average molecular weight is 404 g/mol. The van der Waals surface area contributed by atoms with E-state index in [1.54, 1.807) is 18.3 Å². The number of nitrogens with zero attached hydrogens (tertiary/aromatic N) is 3. The van der Waals surface area contributed by atoms with E-state index in [-0.39, 0.29) is 12.2 Å². The largest absolute Gasteiger partial charge is 0.416 e. The monoisotopic (exact) mass is 404 g/mol. The molecule has 10 heteroatoms. The minimum atomic E-state index is -4.51. The number of amides is 1. The van der Waals surface area contributed by atoms with E-state index in [1.165, 1.54) is 29.8 Å². The van der Waals surface area contributed by atoms with Gasteiger partial charge in [-0.05, 0) is 30.3 Å². The highest BCUT2D eigenvalue weighted by Crippen LogP contribution is 2.31. The minimum absolute atomic E-state index is 0.00651. The number of benzene rings is 1. The van der Waals surface area contributed by atoms with Gasteiger partial charge in [-0.25, -0.2) is 9.97 Å². The van der Waals surface area contributed by atoms with E-state index >= 15 is 0 Å². The van der Waals surface area contributed by atoms with Gasteiger partial charge >= 0.3 is 6.18 Å². The third kappa shape index (κ3) is 3.33. The number of pyridine rings is 1. The fraction of sp³-hybridized carbons (Fsp3) is 0.111. The molecule has 4 rings (SSSR count). The quantitative estimate of drug-likeness (QED) is 0.565. The predicted octanol–water partition coefficient (Wildman–Crippen LogP) is 3.66. The second-order valence-electron chi connectivity index (χ2n) is 5.94. The maximum absolute atomic E-state index is 12.8. The van der Waals surface area contributed by atoms with Crippen molar-refractivity contribution in [2.75, 3.05) is 5.32 Å². The standard InChI is InChI=1S/C18H11F3N4O2S/c19-18(20,21)10-3-1-4-11(7-10)24-13(26)8-25-9-23-14-12-5-2-6-22-16(12)28-15(14)17(25)27/h1-7,9H,8H2,(H,24,26). The van der Waals surface area contributed by atoms with Crippen molar-refractivity contribution in [3.63, 3.8) is 0 Å². The zero-order valence-electron chi connectivity index (χ0n) is 14.0. The molecule has 0 bridgehead atoms. The SMILES string of the molecule is O=C(Cn1cnc2c(sc3ncccc32)c1=O)Nc1cccc(C(F)(F)F)c1. The maximum atomic E-state index is 12.8. The van der Waals surface area contributed by atoms with Crippen molar-refractivity contribution in [1.29, 1.82) is 0 Å². The molecule has 0 fully saturated rings. The fourth-order valence-corrected chi connectivity index (χ4v) is 3.79. The number of carbonyl (C=O) groups excluding carboxylic acids is 1. The van der Waals surface area contributed by atoms with Crippen LogP contribution >= 0.6 is 11.3 Å². The number of anilines is 1. The van der Waals surface area contributed by atoms with Gasteiger partial charge in [0, 0.05) is 17.3 Å². The molecule has 0 aliphatic rings. The molecule has 142 valence electrons. The van der Waals surface area contributed by atoms with Crippen LogP contribution in [0.4, 0.5) is 18.9 Å². The molecule has 0 unspecified atom stereocenters. The number of nitrogens with one attached hydrogen (secondary N) is 1. The molecular weight excluding hydrogens is 393 g/mol. The predicted molar refractivity (Wildman–Crippen MR) is 99.3 cm³/mol. The van der Waals surface area contributed by atoms with Crippen LogP contribution in [0.25, 0.3) is 20.4 Å². The Balaban J connectivity index is 1.60. The molecule has 1 aromatic carbocycles. The Morgan fingerprint density at radius 1 is 1.18 bits per heavy atom. The Labute approximate surface area is 159 Å². The molecule has 28 heavy (non-hydrogen) atoms. The summed E-state index contributed by atoms with van der Waals surface area (Å²) in [6, 6.07) is 7.83. The van der Waals surface area contributed by atoms with Gasteiger partial charge in [0.25, 0.3) is 5.56 Å². The lowest BCUT2D eigenvalue weighted by Crippen LogP contribution is -2.27. The van der Waals surface area contributed by atoms with Gasteiger partial charge in [-0.15, -0.1) is 11.3 Å². The van der Waals surface area contributed by atoms with Gasteiger partial charge in [0.1, 0.15) is 16.1 Å². The van der Waals surface area contributed by atoms with Crippen molar-refractivity contribution in [2.24, 2.45) is 0 Å². The van der Waals surface area contributed by atoms with Gasteiger partial charge in [0.15, 0.2) is 0 Å². The third-order valence-corrected chi connectivity index (χ3v) is 5.10.